The number of hydrogen-bond acceptors (Lipinski definition) is 1. The predicted octanol–water partition coefficient (Wildman–Crippen LogP) is 2.56. The lowest BCUT2D eigenvalue weighted by Gasteiger charge is -2.35. The fourth-order valence-electron chi connectivity index (χ4n) is 2.39. The Hall–Kier alpha value is -0.180. The average Bonchev–Trinajstić information content (AvgIpc) is 2.48. The molecule has 0 aromatic heterocycles. The molecule has 0 unspecified atom stereocenters. The molecule has 1 nitrogen and oxygen atoms in total. The summed E-state index contributed by atoms with van der Waals surface area (Å²) in [5.74, 6) is -2.11. The fraction of sp³-hybridized carbons (Fsp3) is 1.00. The highest BCUT2D eigenvalue weighted by Crippen LogP contribution is 2.42. The van der Waals surface area contributed by atoms with Crippen molar-refractivity contribution in [3.05, 3.63) is 0 Å². The normalized spacial score (nSPS) is 29.1. The van der Waals surface area contributed by atoms with Crippen LogP contribution in [0.15, 0.2) is 0 Å². The highest BCUT2D eigenvalue weighted by atomic mass is 19.3. The van der Waals surface area contributed by atoms with Crippen LogP contribution in [-0.4, -0.2) is 18.5 Å². The molecule has 0 heterocycles. The lowest BCUT2D eigenvalue weighted by Crippen LogP contribution is -2.43. The second kappa shape index (κ2) is 3.52. The molecule has 76 valence electrons. The molecule has 2 aliphatic carbocycles. The molecular formula is C10H17F2N. The van der Waals surface area contributed by atoms with Crippen LogP contribution in [0.4, 0.5) is 8.78 Å². The minimum atomic E-state index is -2.35. The molecule has 13 heavy (non-hydrogen) atoms. The average molecular weight is 189 g/mol. The molecule has 0 aromatic rings. The van der Waals surface area contributed by atoms with Crippen LogP contribution in [0.2, 0.25) is 0 Å². The Morgan fingerprint density at radius 3 is 2.31 bits per heavy atom. The summed E-state index contributed by atoms with van der Waals surface area (Å²) in [5, 5.41) is 3.39. The van der Waals surface area contributed by atoms with E-state index in [1.54, 1.807) is 0 Å². The third-order valence-corrected chi connectivity index (χ3v) is 3.23. The quantitative estimate of drug-likeness (QED) is 0.719. The fourth-order valence-corrected chi connectivity index (χ4v) is 2.39. The summed E-state index contributed by atoms with van der Waals surface area (Å²) in [6.45, 7) is 0.806. The Balaban J connectivity index is 1.59. The highest BCUT2D eigenvalue weighted by Gasteiger charge is 2.44. The van der Waals surface area contributed by atoms with E-state index < -0.39 is 5.92 Å². The minimum Gasteiger partial charge on any atom is -0.314 e. The van der Waals surface area contributed by atoms with E-state index in [2.05, 4.69) is 5.32 Å². The first-order chi connectivity index (χ1) is 6.16. The first kappa shape index (κ1) is 9.38. The van der Waals surface area contributed by atoms with Crippen molar-refractivity contribution in [2.24, 2.45) is 5.92 Å². The van der Waals surface area contributed by atoms with Crippen LogP contribution in [0.5, 0.6) is 0 Å². The van der Waals surface area contributed by atoms with E-state index in [1.165, 1.54) is 25.7 Å². The molecule has 0 radical (unpaired) electrons. The smallest absolute Gasteiger partial charge is 0.248 e. The minimum absolute atomic E-state index is 0.104. The Kier molecular flexibility index (Phi) is 2.54. The highest BCUT2D eigenvalue weighted by molar-refractivity contribution is 4.88. The number of hydrogen-bond donors (Lipinski definition) is 1. The Morgan fingerprint density at radius 1 is 1.15 bits per heavy atom. The molecule has 2 fully saturated rings. The molecule has 2 rings (SSSR count). The Bertz CT molecular complexity index is 168. The van der Waals surface area contributed by atoms with Crippen molar-refractivity contribution in [2.45, 2.75) is 50.5 Å². The first-order valence-electron chi connectivity index (χ1n) is 5.27. The molecule has 0 amide bonds. The van der Waals surface area contributed by atoms with Gasteiger partial charge >= 0.3 is 0 Å². The van der Waals surface area contributed by atoms with Gasteiger partial charge in [-0.05, 0) is 25.3 Å². The van der Waals surface area contributed by atoms with E-state index in [9.17, 15) is 8.78 Å². The summed E-state index contributed by atoms with van der Waals surface area (Å²) in [7, 11) is 0. The third kappa shape index (κ3) is 2.39. The molecule has 0 saturated heterocycles. The Labute approximate surface area is 77.9 Å². The first-order valence-corrected chi connectivity index (χ1v) is 5.27. The number of nitrogens with one attached hydrogen (secondary N) is 1. The molecule has 3 heteroatoms. The molecule has 0 aliphatic heterocycles. The third-order valence-electron chi connectivity index (χ3n) is 3.23. The maximum absolute atomic E-state index is 12.5. The summed E-state index contributed by atoms with van der Waals surface area (Å²) >= 11 is 0. The van der Waals surface area contributed by atoms with Gasteiger partial charge in [-0.1, -0.05) is 12.8 Å². The molecule has 0 aromatic carbocycles. The van der Waals surface area contributed by atoms with Crippen molar-refractivity contribution in [1.82, 2.24) is 5.32 Å². The maximum Gasteiger partial charge on any atom is 0.248 e. The van der Waals surface area contributed by atoms with Gasteiger partial charge in [0.25, 0.3) is 0 Å². The van der Waals surface area contributed by atoms with Crippen LogP contribution in [-0.2, 0) is 0 Å². The molecule has 1 N–H and O–H groups in total. The SMILES string of the molecule is FC1(F)CC(CNC2CCCC2)C1. The van der Waals surface area contributed by atoms with Gasteiger partial charge in [-0.25, -0.2) is 8.78 Å². The van der Waals surface area contributed by atoms with Crippen molar-refractivity contribution in [2.75, 3.05) is 6.54 Å². The van der Waals surface area contributed by atoms with E-state index in [0.29, 0.717) is 6.04 Å². The molecule has 0 spiro atoms. The summed E-state index contributed by atoms with van der Waals surface area (Å²) in [6.07, 6.45) is 5.29. The van der Waals surface area contributed by atoms with Crippen molar-refractivity contribution < 1.29 is 8.78 Å². The van der Waals surface area contributed by atoms with Crippen LogP contribution in [0.25, 0.3) is 0 Å². The van der Waals surface area contributed by atoms with E-state index in [-0.39, 0.29) is 18.8 Å². The van der Waals surface area contributed by atoms with Crippen molar-refractivity contribution in [3.63, 3.8) is 0 Å². The van der Waals surface area contributed by atoms with E-state index in [0.717, 1.165) is 6.54 Å². The molecule has 2 saturated carbocycles. The molecular weight excluding hydrogens is 172 g/mol. The van der Waals surface area contributed by atoms with Gasteiger partial charge in [0.15, 0.2) is 0 Å². The van der Waals surface area contributed by atoms with E-state index in [1.807, 2.05) is 0 Å². The van der Waals surface area contributed by atoms with Crippen LogP contribution in [0.1, 0.15) is 38.5 Å². The molecule has 0 atom stereocenters. The number of alkyl halides is 2. The van der Waals surface area contributed by atoms with Crippen molar-refractivity contribution in [1.29, 1.82) is 0 Å². The van der Waals surface area contributed by atoms with Crippen LogP contribution in [0, 0.1) is 5.92 Å². The van der Waals surface area contributed by atoms with Gasteiger partial charge < -0.3 is 5.32 Å². The summed E-state index contributed by atoms with van der Waals surface area (Å²) in [6, 6.07) is 0.620. The second-order valence-corrected chi connectivity index (χ2v) is 4.52. The van der Waals surface area contributed by atoms with Gasteiger partial charge in [0, 0.05) is 18.9 Å². The number of rotatable bonds is 3. The summed E-state index contributed by atoms with van der Waals surface area (Å²) in [4.78, 5) is 0. The van der Waals surface area contributed by atoms with Crippen LogP contribution < -0.4 is 5.32 Å². The van der Waals surface area contributed by atoms with E-state index >= 15 is 0 Å². The van der Waals surface area contributed by atoms with Crippen molar-refractivity contribution >= 4 is 0 Å². The van der Waals surface area contributed by atoms with Gasteiger partial charge in [-0.2, -0.15) is 0 Å². The Morgan fingerprint density at radius 2 is 1.77 bits per heavy atom. The number of halogens is 2. The van der Waals surface area contributed by atoms with Gasteiger partial charge in [0.2, 0.25) is 5.92 Å². The lowest BCUT2D eigenvalue weighted by atomic mass is 9.81. The van der Waals surface area contributed by atoms with Crippen LogP contribution >= 0.6 is 0 Å². The largest absolute Gasteiger partial charge is 0.314 e. The van der Waals surface area contributed by atoms with Gasteiger partial charge in [-0.15, -0.1) is 0 Å². The second-order valence-electron chi connectivity index (χ2n) is 4.52. The standard InChI is InChI=1S/C10H17F2N/c11-10(12)5-8(6-10)7-13-9-3-1-2-4-9/h8-9,13H,1-7H2. The summed E-state index contributed by atoms with van der Waals surface area (Å²) < 4.78 is 24.9. The lowest BCUT2D eigenvalue weighted by molar-refractivity contribution is -0.109. The maximum atomic E-state index is 12.5. The van der Waals surface area contributed by atoms with Gasteiger partial charge in [0.05, 0.1) is 0 Å². The van der Waals surface area contributed by atoms with Crippen LogP contribution in [0.3, 0.4) is 0 Å². The van der Waals surface area contributed by atoms with Gasteiger partial charge in [-0.3, -0.25) is 0 Å². The predicted molar refractivity (Wildman–Crippen MR) is 47.9 cm³/mol. The monoisotopic (exact) mass is 189 g/mol. The molecule has 2 aliphatic rings. The van der Waals surface area contributed by atoms with E-state index in [4.69, 9.17) is 0 Å². The zero-order chi connectivity index (χ0) is 9.31. The summed E-state index contributed by atoms with van der Waals surface area (Å²) in [5.41, 5.74) is 0. The van der Waals surface area contributed by atoms with Crippen molar-refractivity contribution in [3.8, 4) is 0 Å². The zero-order valence-corrected chi connectivity index (χ0v) is 7.86. The zero-order valence-electron chi connectivity index (χ0n) is 7.86. The van der Waals surface area contributed by atoms with Gasteiger partial charge in [0.1, 0.15) is 0 Å². The topological polar surface area (TPSA) is 12.0 Å². The molecule has 0 bridgehead atoms.